The van der Waals surface area contributed by atoms with Crippen LogP contribution >= 0.6 is 0 Å². The second-order valence-corrected chi connectivity index (χ2v) is 8.42. The van der Waals surface area contributed by atoms with Crippen LogP contribution in [-0.4, -0.2) is 52.2 Å². The minimum absolute atomic E-state index is 0.106. The van der Waals surface area contributed by atoms with E-state index in [4.69, 9.17) is 10.2 Å². The van der Waals surface area contributed by atoms with E-state index in [2.05, 4.69) is 33.3 Å². The van der Waals surface area contributed by atoms with Crippen LogP contribution in [-0.2, 0) is 10.2 Å². The number of nitrogens with zero attached hydrogens (tertiary/aromatic N) is 4. The van der Waals surface area contributed by atoms with E-state index in [1.54, 1.807) is 5.48 Å². The highest BCUT2D eigenvalue weighted by atomic mass is 16.5. The number of hydrogen-bond donors (Lipinski definition) is 3. The quantitative estimate of drug-likeness (QED) is 0.549. The van der Waals surface area contributed by atoms with Crippen LogP contribution in [0.2, 0.25) is 0 Å². The molecule has 4 fully saturated rings. The van der Waals surface area contributed by atoms with Gasteiger partial charge >= 0.3 is 0 Å². The van der Waals surface area contributed by atoms with Crippen molar-refractivity contribution >= 4 is 22.6 Å². The standard InChI is InChI=1S/C19H24N6O2/c1-25(13-2-4-20-5-3-13)15-6-12-7-22-16(23-14(12)8-21-15)18-9-19(10-18,11-18)17(26)24-27/h6-8,13,20,27H,2-5,9-11H2,1H3,(H,24,26). The van der Waals surface area contributed by atoms with Crippen LogP contribution in [0, 0.1) is 5.41 Å². The number of carbonyl (C=O) groups is 1. The van der Waals surface area contributed by atoms with Crippen molar-refractivity contribution in [2.24, 2.45) is 5.41 Å². The molecule has 27 heavy (non-hydrogen) atoms. The SMILES string of the molecule is CN(c1cc2cnc(C34CC(C(=O)NO)(C3)C4)nc2cn1)C1CCNCC1. The lowest BCUT2D eigenvalue weighted by Gasteiger charge is -2.67. The van der Waals surface area contributed by atoms with Gasteiger partial charge < -0.3 is 10.2 Å². The molecule has 1 amide bonds. The molecule has 0 aromatic carbocycles. The molecule has 8 heteroatoms. The Hall–Kier alpha value is -2.32. The second kappa shape index (κ2) is 5.84. The van der Waals surface area contributed by atoms with Gasteiger partial charge in [0.2, 0.25) is 5.91 Å². The van der Waals surface area contributed by atoms with Gasteiger partial charge in [0.25, 0.3) is 0 Å². The molecule has 1 saturated heterocycles. The van der Waals surface area contributed by atoms with Gasteiger partial charge in [-0.15, -0.1) is 0 Å². The van der Waals surface area contributed by atoms with Gasteiger partial charge in [-0.1, -0.05) is 0 Å². The van der Waals surface area contributed by atoms with Crippen LogP contribution in [0.15, 0.2) is 18.5 Å². The zero-order valence-electron chi connectivity index (χ0n) is 15.4. The maximum absolute atomic E-state index is 11.8. The zero-order valence-corrected chi connectivity index (χ0v) is 15.4. The molecular formula is C19H24N6O2. The lowest BCUT2D eigenvalue weighted by atomic mass is 9.34. The number of anilines is 1. The third-order valence-corrected chi connectivity index (χ3v) is 6.76. The van der Waals surface area contributed by atoms with Crippen molar-refractivity contribution in [2.45, 2.75) is 43.6 Å². The smallest absolute Gasteiger partial charge is 0.249 e. The molecule has 3 heterocycles. The van der Waals surface area contributed by atoms with Crippen molar-refractivity contribution < 1.29 is 10.0 Å². The average Bonchev–Trinajstić information content (AvgIpc) is 2.65. The van der Waals surface area contributed by atoms with Gasteiger partial charge in [0, 0.05) is 30.1 Å². The number of carbonyl (C=O) groups excluding carboxylic acids is 1. The summed E-state index contributed by atoms with van der Waals surface area (Å²) < 4.78 is 0. The lowest BCUT2D eigenvalue weighted by Crippen LogP contribution is -2.70. The van der Waals surface area contributed by atoms with Crippen LogP contribution in [0.5, 0.6) is 0 Å². The van der Waals surface area contributed by atoms with E-state index in [1.165, 1.54) is 0 Å². The Balaban J connectivity index is 1.36. The lowest BCUT2D eigenvalue weighted by molar-refractivity contribution is -0.185. The van der Waals surface area contributed by atoms with Gasteiger partial charge in [0.05, 0.1) is 17.1 Å². The number of rotatable bonds is 4. The van der Waals surface area contributed by atoms with Crippen molar-refractivity contribution in [3.63, 3.8) is 0 Å². The molecule has 8 nitrogen and oxygen atoms in total. The van der Waals surface area contributed by atoms with Gasteiger partial charge in [0.1, 0.15) is 11.6 Å². The van der Waals surface area contributed by atoms with Gasteiger partial charge in [-0.25, -0.2) is 20.4 Å². The van der Waals surface area contributed by atoms with Crippen molar-refractivity contribution in [1.29, 1.82) is 0 Å². The normalized spacial score (nSPS) is 29.7. The molecule has 2 aromatic rings. The summed E-state index contributed by atoms with van der Waals surface area (Å²) in [6.45, 7) is 2.10. The van der Waals surface area contributed by atoms with Crippen LogP contribution in [0.3, 0.4) is 0 Å². The molecular weight excluding hydrogens is 344 g/mol. The summed E-state index contributed by atoms with van der Waals surface area (Å²) in [5.41, 5.74) is 2.11. The minimum atomic E-state index is -0.410. The molecule has 0 atom stereocenters. The molecule has 2 bridgehead atoms. The van der Waals surface area contributed by atoms with Gasteiger partial charge in [-0.2, -0.15) is 0 Å². The molecule has 0 spiro atoms. The van der Waals surface area contributed by atoms with Crippen molar-refractivity contribution in [1.82, 2.24) is 25.7 Å². The van der Waals surface area contributed by atoms with Crippen LogP contribution in [0.1, 0.15) is 37.9 Å². The topological polar surface area (TPSA) is 103 Å². The van der Waals surface area contributed by atoms with E-state index in [0.29, 0.717) is 25.3 Å². The highest BCUT2D eigenvalue weighted by Crippen LogP contribution is 2.73. The maximum Gasteiger partial charge on any atom is 0.249 e. The minimum Gasteiger partial charge on any atom is -0.357 e. The van der Waals surface area contributed by atoms with Crippen molar-refractivity contribution in [3.8, 4) is 0 Å². The monoisotopic (exact) mass is 368 g/mol. The fourth-order valence-electron chi connectivity index (χ4n) is 5.14. The van der Waals surface area contributed by atoms with E-state index in [1.807, 2.05) is 12.4 Å². The predicted molar refractivity (Wildman–Crippen MR) is 99.5 cm³/mol. The second-order valence-electron chi connectivity index (χ2n) is 8.42. The fourth-order valence-corrected chi connectivity index (χ4v) is 5.14. The summed E-state index contributed by atoms with van der Waals surface area (Å²) in [6.07, 6.45) is 8.08. The first-order valence-corrected chi connectivity index (χ1v) is 9.57. The number of hydroxylamine groups is 1. The van der Waals surface area contributed by atoms with E-state index in [0.717, 1.165) is 48.5 Å². The fraction of sp³-hybridized carbons (Fsp3) is 0.579. The van der Waals surface area contributed by atoms with Crippen LogP contribution in [0.4, 0.5) is 5.82 Å². The van der Waals surface area contributed by atoms with E-state index < -0.39 is 5.41 Å². The third kappa shape index (κ3) is 2.43. The van der Waals surface area contributed by atoms with Crippen molar-refractivity contribution in [2.75, 3.05) is 25.0 Å². The maximum atomic E-state index is 11.8. The first-order valence-electron chi connectivity index (χ1n) is 9.57. The Morgan fingerprint density at radius 1 is 1.26 bits per heavy atom. The van der Waals surface area contributed by atoms with Crippen LogP contribution < -0.4 is 15.7 Å². The number of amides is 1. The molecule has 142 valence electrons. The van der Waals surface area contributed by atoms with Crippen LogP contribution in [0.25, 0.3) is 10.9 Å². The number of fused-ring (bicyclic) bond motifs is 1. The predicted octanol–water partition coefficient (Wildman–Crippen LogP) is 1.14. The van der Waals surface area contributed by atoms with E-state index >= 15 is 0 Å². The molecule has 0 radical (unpaired) electrons. The summed E-state index contributed by atoms with van der Waals surface area (Å²) >= 11 is 0. The van der Waals surface area contributed by atoms with Gasteiger partial charge in [-0.05, 0) is 51.3 Å². The first-order chi connectivity index (χ1) is 13.1. The highest BCUT2D eigenvalue weighted by molar-refractivity contribution is 5.86. The van der Waals surface area contributed by atoms with Gasteiger partial charge in [0.15, 0.2) is 0 Å². The molecule has 1 aliphatic heterocycles. The number of piperidine rings is 1. The Morgan fingerprint density at radius 2 is 2.00 bits per heavy atom. The molecule has 2 aromatic heterocycles. The Bertz CT molecular complexity index is 890. The Kier molecular flexibility index (Phi) is 3.64. The largest absolute Gasteiger partial charge is 0.357 e. The average molecular weight is 368 g/mol. The Labute approximate surface area is 157 Å². The number of hydrogen-bond acceptors (Lipinski definition) is 7. The molecule has 6 rings (SSSR count). The first kappa shape index (κ1) is 16.8. The zero-order chi connectivity index (χ0) is 18.6. The highest BCUT2D eigenvalue weighted by Gasteiger charge is 2.73. The third-order valence-electron chi connectivity index (χ3n) is 6.76. The van der Waals surface area contributed by atoms with E-state index in [9.17, 15) is 4.79 Å². The van der Waals surface area contributed by atoms with E-state index in [-0.39, 0.29) is 11.3 Å². The molecule has 3 aliphatic carbocycles. The summed E-state index contributed by atoms with van der Waals surface area (Å²) in [5.74, 6) is 1.47. The summed E-state index contributed by atoms with van der Waals surface area (Å²) in [5, 5.41) is 13.3. The summed E-state index contributed by atoms with van der Waals surface area (Å²) in [4.78, 5) is 28.0. The number of nitrogens with one attached hydrogen (secondary N) is 2. The number of pyridine rings is 1. The molecule has 3 N–H and O–H groups in total. The molecule has 0 unspecified atom stereocenters. The number of aromatic nitrogens is 3. The Morgan fingerprint density at radius 3 is 2.70 bits per heavy atom. The van der Waals surface area contributed by atoms with Gasteiger partial charge in [-0.3, -0.25) is 10.0 Å². The summed E-state index contributed by atoms with van der Waals surface area (Å²) in [6, 6.07) is 2.56. The summed E-state index contributed by atoms with van der Waals surface area (Å²) in [7, 11) is 2.10. The molecule has 4 aliphatic rings. The van der Waals surface area contributed by atoms with Crippen molar-refractivity contribution in [3.05, 3.63) is 24.3 Å². The molecule has 3 saturated carbocycles.